The summed E-state index contributed by atoms with van der Waals surface area (Å²) in [6, 6.07) is 7.89. The van der Waals surface area contributed by atoms with Gasteiger partial charge in [-0.25, -0.2) is 4.68 Å². The predicted octanol–water partition coefficient (Wildman–Crippen LogP) is 4.69. The molecular formula is C24H33ClN4O. The van der Waals surface area contributed by atoms with Crippen LogP contribution in [0, 0.1) is 11.8 Å². The maximum atomic E-state index is 12.6. The molecule has 0 unspecified atom stereocenters. The van der Waals surface area contributed by atoms with Gasteiger partial charge in [0.2, 0.25) is 5.91 Å². The number of amides is 1. The smallest absolute Gasteiger partial charge is 0.222 e. The Morgan fingerprint density at radius 1 is 1.33 bits per heavy atom. The van der Waals surface area contributed by atoms with Gasteiger partial charge in [-0.1, -0.05) is 38.4 Å². The number of carbonyl (C=O) groups excluding carboxylic acids is 1. The number of hydrogen-bond donors (Lipinski definition) is 0. The molecule has 1 saturated carbocycles. The van der Waals surface area contributed by atoms with Crippen molar-refractivity contribution in [1.82, 2.24) is 19.6 Å². The average Bonchev–Trinajstić information content (AvgIpc) is 3.46. The van der Waals surface area contributed by atoms with Crippen molar-refractivity contribution in [2.75, 3.05) is 19.6 Å². The lowest BCUT2D eigenvalue weighted by Gasteiger charge is -2.29. The molecule has 2 aromatic rings. The van der Waals surface area contributed by atoms with Crippen molar-refractivity contribution in [3.63, 3.8) is 0 Å². The fourth-order valence-electron chi connectivity index (χ4n) is 4.41. The average molecular weight is 429 g/mol. The van der Waals surface area contributed by atoms with Gasteiger partial charge in [0.25, 0.3) is 0 Å². The fraction of sp³-hybridized carbons (Fsp3) is 0.583. The van der Waals surface area contributed by atoms with Crippen LogP contribution in [0.25, 0.3) is 5.69 Å². The molecule has 2 heterocycles. The lowest BCUT2D eigenvalue weighted by Crippen LogP contribution is -2.35. The number of rotatable bonds is 8. The van der Waals surface area contributed by atoms with Crippen molar-refractivity contribution in [3.05, 3.63) is 46.2 Å². The molecule has 162 valence electrons. The Bertz CT molecular complexity index is 903. The zero-order valence-corrected chi connectivity index (χ0v) is 19.2. The van der Waals surface area contributed by atoms with Crippen molar-refractivity contribution in [1.29, 1.82) is 0 Å². The van der Waals surface area contributed by atoms with E-state index in [4.69, 9.17) is 16.7 Å². The van der Waals surface area contributed by atoms with E-state index in [2.05, 4.69) is 29.5 Å². The first kappa shape index (κ1) is 21.4. The van der Waals surface area contributed by atoms with Crippen LogP contribution < -0.4 is 0 Å². The largest absolute Gasteiger partial charge is 0.336 e. The minimum Gasteiger partial charge on any atom is -0.336 e. The van der Waals surface area contributed by atoms with E-state index in [0.29, 0.717) is 23.9 Å². The summed E-state index contributed by atoms with van der Waals surface area (Å²) in [6.45, 7) is 10.8. The summed E-state index contributed by atoms with van der Waals surface area (Å²) in [4.78, 5) is 17.2. The molecule has 5 nitrogen and oxygen atoms in total. The molecule has 0 bridgehead atoms. The van der Waals surface area contributed by atoms with E-state index in [0.717, 1.165) is 43.4 Å². The van der Waals surface area contributed by atoms with Crippen LogP contribution >= 0.6 is 11.6 Å². The van der Waals surface area contributed by atoms with Gasteiger partial charge in [-0.3, -0.25) is 9.69 Å². The number of carbonyl (C=O) groups is 1. The van der Waals surface area contributed by atoms with Crippen LogP contribution in [-0.2, 0) is 24.3 Å². The van der Waals surface area contributed by atoms with Gasteiger partial charge in [-0.05, 0) is 42.9 Å². The molecule has 1 fully saturated rings. The van der Waals surface area contributed by atoms with E-state index >= 15 is 0 Å². The summed E-state index contributed by atoms with van der Waals surface area (Å²) < 4.78 is 2.06. The third kappa shape index (κ3) is 4.89. The molecule has 0 spiro atoms. The Balaban J connectivity index is 1.68. The van der Waals surface area contributed by atoms with Crippen LogP contribution in [0.3, 0.4) is 0 Å². The minimum absolute atomic E-state index is 0.195. The first-order valence-corrected chi connectivity index (χ1v) is 11.7. The number of benzene rings is 1. The highest BCUT2D eigenvalue weighted by atomic mass is 35.5. The Morgan fingerprint density at radius 2 is 2.13 bits per heavy atom. The second-order valence-electron chi connectivity index (χ2n) is 9.21. The topological polar surface area (TPSA) is 41.4 Å². The molecule has 1 aliphatic carbocycles. The highest BCUT2D eigenvalue weighted by Crippen LogP contribution is 2.33. The fourth-order valence-corrected chi connectivity index (χ4v) is 4.60. The quantitative estimate of drug-likeness (QED) is 0.612. The predicted molar refractivity (Wildman–Crippen MR) is 121 cm³/mol. The van der Waals surface area contributed by atoms with E-state index in [-0.39, 0.29) is 5.91 Å². The Morgan fingerprint density at radius 3 is 2.80 bits per heavy atom. The molecule has 0 atom stereocenters. The summed E-state index contributed by atoms with van der Waals surface area (Å²) in [6.07, 6.45) is 4.24. The van der Waals surface area contributed by atoms with Crippen molar-refractivity contribution in [2.45, 2.75) is 59.5 Å². The number of aromatic nitrogens is 2. The third-order valence-corrected chi connectivity index (χ3v) is 6.30. The van der Waals surface area contributed by atoms with Gasteiger partial charge in [0.05, 0.1) is 23.6 Å². The lowest BCUT2D eigenvalue weighted by atomic mass is 10.0. The highest BCUT2D eigenvalue weighted by Gasteiger charge is 2.30. The molecule has 0 N–H and O–H groups in total. The second-order valence-corrected chi connectivity index (χ2v) is 9.65. The van der Waals surface area contributed by atoms with Crippen molar-refractivity contribution < 1.29 is 4.79 Å². The number of halogens is 1. The molecule has 6 heteroatoms. The zero-order chi connectivity index (χ0) is 21.3. The maximum absolute atomic E-state index is 12.6. The van der Waals surface area contributed by atoms with Crippen LogP contribution in [0.4, 0.5) is 0 Å². The molecule has 1 aliphatic heterocycles. The van der Waals surface area contributed by atoms with Gasteiger partial charge in [0.15, 0.2) is 0 Å². The first-order valence-electron chi connectivity index (χ1n) is 11.3. The normalized spacial score (nSPS) is 16.7. The van der Waals surface area contributed by atoms with Crippen LogP contribution in [-0.4, -0.2) is 45.1 Å². The van der Waals surface area contributed by atoms with Gasteiger partial charge in [-0.2, -0.15) is 5.10 Å². The number of nitrogens with zero attached hydrogens (tertiary/aromatic N) is 4. The lowest BCUT2D eigenvalue weighted by molar-refractivity contribution is -0.132. The van der Waals surface area contributed by atoms with E-state index in [1.54, 1.807) is 0 Å². The summed E-state index contributed by atoms with van der Waals surface area (Å²) in [5, 5.41) is 5.75. The molecule has 4 rings (SSSR count). The molecule has 0 saturated heterocycles. The van der Waals surface area contributed by atoms with Gasteiger partial charge in [-0.15, -0.1) is 0 Å². The van der Waals surface area contributed by atoms with Crippen LogP contribution in [0.5, 0.6) is 0 Å². The SMILES string of the molecule is CCC(=O)N(Cc1nn(-c2cccc(Cl)c2)c2c1CN(CC1CC1)CC2)CC(C)C. The van der Waals surface area contributed by atoms with Crippen molar-refractivity contribution in [3.8, 4) is 5.69 Å². The van der Waals surface area contributed by atoms with Crippen LogP contribution in [0.1, 0.15) is 57.0 Å². The second kappa shape index (κ2) is 9.11. The van der Waals surface area contributed by atoms with E-state index in [1.807, 2.05) is 30.0 Å². The monoisotopic (exact) mass is 428 g/mol. The first-order chi connectivity index (χ1) is 14.4. The highest BCUT2D eigenvalue weighted by molar-refractivity contribution is 6.30. The number of fused-ring (bicyclic) bond motifs is 1. The summed E-state index contributed by atoms with van der Waals surface area (Å²) in [7, 11) is 0. The minimum atomic E-state index is 0.195. The molecule has 1 amide bonds. The Kier molecular flexibility index (Phi) is 6.49. The third-order valence-electron chi connectivity index (χ3n) is 6.07. The maximum Gasteiger partial charge on any atom is 0.222 e. The molecule has 2 aliphatic rings. The van der Waals surface area contributed by atoms with Gasteiger partial charge >= 0.3 is 0 Å². The summed E-state index contributed by atoms with van der Waals surface area (Å²) in [5.74, 6) is 1.50. The van der Waals surface area contributed by atoms with Crippen molar-refractivity contribution in [2.24, 2.45) is 11.8 Å². The molecule has 0 radical (unpaired) electrons. The molecule has 1 aromatic carbocycles. The van der Waals surface area contributed by atoms with Crippen LogP contribution in [0.2, 0.25) is 5.02 Å². The zero-order valence-electron chi connectivity index (χ0n) is 18.4. The van der Waals surface area contributed by atoms with E-state index in [9.17, 15) is 4.79 Å². The van der Waals surface area contributed by atoms with Gasteiger partial charge in [0, 0.05) is 49.6 Å². The molecular weight excluding hydrogens is 396 g/mol. The molecule has 30 heavy (non-hydrogen) atoms. The summed E-state index contributed by atoms with van der Waals surface area (Å²) >= 11 is 6.27. The summed E-state index contributed by atoms with van der Waals surface area (Å²) in [5.41, 5.74) is 4.61. The van der Waals surface area contributed by atoms with Crippen LogP contribution in [0.15, 0.2) is 24.3 Å². The Hall–Kier alpha value is -1.85. The molecule has 1 aromatic heterocycles. The van der Waals surface area contributed by atoms with Gasteiger partial charge in [0.1, 0.15) is 0 Å². The standard InChI is InChI=1S/C24H33ClN4O/c1-4-24(30)28(13-17(2)3)16-22-21-15-27(14-18-8-9-18)11-10-23(21)29(26-22)20-7-5-6-19(25)12-20/h5-7,12,17-18H,4,8-11,13-16H2,1-3H3. The van der Waals surface area contributed by atoms with E-state index in [1.165, 1.54) is 30.6 Å². The Labute approximate surface area is 185 Å². The van der Waals surface area contributed by atoms with Crippen molar-refractivity contribution >= 4 is 17.5 Å². The van der Waals surface area contributed by atoms with E-state index < -0.39 is 0 Å². The van der Waals surface area contributed by atoms with Gasteiger partial charge < -0.3 is 4.90 Å². The number of hydrogen-bond acceptors (Lipinski definition) is 3.